The van der Waals surface area contributed by atoms with Gasteiger partial charge in [0.25, 0.3) is 0 Å². The number of aromatic nitrogens is 3. The number of carbonyl (C=O) groups is 1. The molecule has 0 bridgehead atoms. The molecule has 0 unspecified atom stereocenters. The molecule has 0 aliphatic heterocycles. The van der Waals surface area contributed by atoms with Crippen molar-refractivity contribution >= 4 is 5.91 Å². The van der Waals surface area contributed by atoms with Gasteiger partial charge in [0, 0.05) is 31.2 Å². The van der Waals surface area contributed by atoms with Crippen molar-refractivity contribution in [1.29, 1.82) is 0 Å². The van der Waals surface area contributed by atoms with Gasteiger partial charge < -0.3 is 10.1 Å². The molecule has 0 atom stereocenters. The lowest BCUT2D eigenvalue weighted by molar-refractivity contribution is -0.122. The minimum absolute atomic E-state index is 0.0928. The Balaban J connectivity index is 1.56. The smallest absolute Gasteiger partial charge is 0.241 e. The summed E-state index contributed by atoms with van der Waals surface area (Å²) >= 11 is 0. The van der Waals surface area contributed by atoms with Gasteiger partial charge in [-0.1, -0.05) is 18.2 Å². The molecule has 0 radical (unpaired) electrons. The summed E-state index contributed by atoms with van der Waals surface area (Å²) < 4.78 is 7.25. The van der Waals surface area contributed by atoms with Gasteiger partial charge in [0.05, 0.1) is 0 Å². The Kier molecular flexibility index (Phi) is 4.63. The van der Waals surface area contributed by atoms with Gasteiger partial charge in [0.2, 0.25) is 11.8 Å². The third-order valence-corrected chi connectivity index (χ3v) is 3.11. The molecule has 1 aromatic carbocycles. The molecule has 2 heterocycles. The van der Waals surface area contributed by atoms with Crippen molar-refractivity contribution in [1.82, 2.24) is 20.1 Å². The number of rotatable bonds is 6. The van der Waals surface area contributed by atoms with Crippen LogP contribution in [0.1, 0.15) is 5.56 Å². The summed E-state index contributed by atoms with van der Waals surface area (Å²) in [5.41, 5.74) is 0.951. The maximum absolute atomic E-state index is 11.8. The van der Waals surface area contributed by atoms with Crippen LogP contribution in [0.4, 0.5) is 0 Å². The molecule has 6 nitrogen and oxygen atoms in total. The predicted octanol–water partition coefficient (Wildman–Crippen LogP) is 2.39. The highest BCUT2D eigenvalue weighted by Gasteiger charge is 2.04. The molecule has 1 N–H and O–H groups in total. The second kappa shape index (κ2) is 7.22. The highest BCUT2D eigenvalue weighted by atomic mass is 16.5. The van der Waals surface area contributed by atoms with Crippen molar-refractivity contribution in [3.8, 4) is 11.6 Å². The molecular formula is C17H16N4O2. The Labute approximate surface area is 133 Å². The summed E-state index contributed by atoms with van der Waals surface area (Å²) in [7, 11) is 0. The minimum Gasteiger partial charge on any atom is -0.439 e. The van der Waals surface area contributed by atoms with E-state index in [2.05, 4.69) is 15.4 Å². The number of carbonyl (C=O) groups excluding carboxylic acids is 1. The van der Waals surface area contributed by atoms with Gasteiger partial charge in [-0.15, -0.1) is 0 Å². The molecule has 2 aromatic heterocycles. The summed E-state index contributed by atoms with van der Waals surface area (Å²) in [4.78, 5) is 16.0. The van der Waals surface area contributed by atoms with E-state index in [1.165, 1.54) is 0 Å². The van der Waals surface area contributed by atoms with Gasteiger partial charge in [-0.2, -0.15) is 5.10 Å². The Hall–Kier alpha value is -3.15. The number of benzene rings is 1. The molecular weight excluding hydrogens is 292 g/mol. The fraction of sp³-hybridized carbons (Fsp3) is 0.118. The van der Waals surface area contributed by atoms with Gasteiger partial charge in [-0.05, 0) is 29.8 Å². The maximum Gasteiger partial charge on any atom is 0.241 e. The zero-order valence-corrected chi connectivity index (χ0v) is 12.4. The van der Waals surface area contributed by atoms with Gasteiger partial charge in [-0.25, -0.2) is 4.98 Å². The average molecular weight is 308 g/mol. The van der Waals surface area contributed by atoms with Crippen LogP contribution in [0, 0.1) is 0 Å². The van der Waals surface area contributed by atoms with E-state index in [0.29, 0.717) is 18.2 Å². The fourth-order valence-electron chi connectivity index (χ4n) is 2.04. The lowest BCUT2D eigenvalue weighted by Gasteiger charge is -2.08. The molecule has 23 heavy (non-hydrogen) atoms. The second-order valence-corrected chi connectivity index (χ2v) is 4.90. The lowest BCUT2D eigenvalue weighted by atomic mass is 10.2. The van der Waals surface area contributed by atoms with E-state index >= 15 is 0 Å². The SMILES string of the molecule is O=C(Cn1cccn1)NCc1cccc(Oc2ccccn2)c1. The van der Waals surface area contributed by atoms with E-state index in [1.807, 2.05) is 36.4 Å². The Morgan fingerprint density at radius 2 is 2.09 bits per heavy atom. The van der Waals surface area contributed by atoms with Gasteiger partial charge in [-0.3, -0.25) is 9.48 Å². The molecule has 0 aliphatic rings. The molecule has 116 valence electrons. The van der Waals surface area contributed by atoms with Gasteiger partial charge in [0.1, 0.15) is 12.3 Å². The van der Waals surface area contributed by atoms with Crippen molar-refractivity contribution in [2.24, 2.45) is 0 Å². The second-order valence-electron chi connectivity index (χ2n) is 4.90. The molecule has 0 saturated heterocycles. The van der Waals surface area contributed by atoms with E-state index in [0.717, 1.165) is 5.56 Å². The molecule has 6 heteroatoms. The number of hydrogen-bond acceptors (Lipinski definition) is 4. The third kappa shape index (κ3) is 4.41. The highest BCUT2D eigenvalue weighted by Crippen LogP contribution is 2.19. The third-order valence-electron chi connectivity index (χ3n) is 3.11. The summed E-state index contributed by atoms with van der Waals surface area (Å²) in [6, 6.07) is 14.8. The van der Waals surface area contributed by atoms with Crippen LogP contribution in [0.2, 0.25) is 0 Å². The highest BCUT2D eigenvalue weighted by molar-refractivity contribution is 5.75. The standard InChI is InChI=1S/C17H16N4O2/c22-16(13-21-10-4-9-20-21)19-12-14-5-3-6-15(11-14)23-17-7-1-2-8-18-17/h1-11H,12-13H2,(H,19,22). The van der Waals surface area contributed by atoms with E-state index < -0.39 is 0 Å². The topological polar surface area (TPSA) is 69.0 Å². The minimum atomic E-state index is -0.0928. The normalized spacial score (nSPS) is 10.3. The predicted molar refractivity (Wildman–Crippen MR) is 84.8 cm³/mol. The van der Waals surface area contributed by atoms with E-state index in [4.69, 9.17) is 4.74 Å². The summed E-state index contributed by atoms with van der Waals surface area (Å²) in [5.74, 6) is 1.12. The van der Waals surface area contributed by atoms with Crippen LogP contribution in [0.25, 0.3) is 0 Å². The van der Waals surface area contributed by atoms with Crippen LogP contribution in [-0.2, 0) is 17.9 Å². The monoisotopic (exact) mass is 308 g/mol. The van der Waals surface area contributed by atoms with Crippen LogP contribution in [0.5, 0.6) is 11.6 Å². The Morgan fingerprint density at radius 1 is 1.13 bits per heavy atom. The van der Waals surface area contributed by atoms with Crippen LogP contribution >= 0.6 is 0 Å². The molecule has 3 rings (SSSR count). The molecule has 3 aromatic rings. The number of hydrogen-bond donors (Lipinski definition) is 1. The fourth-order valence-corrected chi connectivity index (χ4v) is 2.04. The van der Waals surface area contributed by atoms with Gasteiger partial charge in [0.15, 0.2) is 0 Å². The first-order valence-electron chi connectivity index (χ1n) is 7.21. The summed E-state index contributed by atoms with van der Waals surface area (Å²) in [6.45, 7) is 0.636. The summed E-state index contributed by atoms with van der Waals surface area (Å²) in [6.07, 6.45) is 5.07. The largest absolute Gasteiger partial charge is 0.439 e. The molecule has 0 fully saturated rings. The van der Waals surface area contributed by atoms with Crippen molar-refractivity contribution in [2.45, 2.75) is 13.1 Å². The molecule has 0 aliphatic carbocycles. The van der Waals surface area contributed by atoms with Crippen LogP contribution < -0.4 is 10.1 Å². The maximum atomic E-state index is 11.8. The van der Waals surface area contributed by atoms with Gasteiger partial charge >= 0.3 is 0 Å². The Bertz CT molecular complexity index is 757. The average Bonchev–Trinajstić information content (AvgIpc) is 3.07. The van der Waals surface area contributed by atoms with Crippen molar-refractivity contribution in [3.05, 3.63) is 72.7 Å². The van der Waals surface area contributed by atoms with Crippen molar-refractivity contribution in [2.75, 3.05) is 0 Å². The first-order valence-corrected chi connectivity index (χ1v) is 7.21. The number of pyridine rings is 1. The van der Waals surface area contributed by atoms with Crippen LogP contribution in [-0.4, -0.2) is 20.7 Å². The van der Waals surface area contributed by atoms with Crippen LogP contribution in [0.3, 0.4) is 0 Å². The lowest BCUT2D eigenvalue weighted by Crippen LogP contribution is -2.27. The van der Waals surface area contributed by atoms with E-state index in [1.54, 1.807) is 35.4 Å². The first kappa shape index (κ1) is 14.8. The zero-order valence-electron chi connectivity index (χ0n) is 12.4. The number of nitrogens with zero attached hydrogens (tertiary/aromatic N) is 3. The van der Waals surface area contributed by atoms with E-state index in [9.17, 15) is 4.79 Å². The van der Waals surface area contributed by atoms with Crippen molar-refractivity contribution < 1.29 is 9.53 Å². The molecule has 1 amide bonds. The summed E-state index contributed by atoms with van der Waals surface area (Å²) in [5, 5.41) is 6.86. The number of nitrogens with one attached hydrogen (secondary N) is 1. The molecule has 0 spiro atoms. The molecule has 0 saturated carbocycles. The number of ether oxygens (including phenoxy) is 1. The van der Waals surface area contributed by atoms with Crippen molar-refractivity contribution in [3.63, 3.8) is 0 Å². The first-order chi connectivity index (χ1) is 11.3. The van der Waals surface area contributed by atoms with E-state index in [-0.39, 0.29) is 12.5 Å². The zero-order chi connectivity index (χ0) is 15.9. The van der Waals surface area contributed by atoms with Crippen LogP contribution in [0.15, 0.2) is 67.1 Å². The quantitative estimate of drug-likeness (QED) is 0.759. The number of amides is 1. The Morgan fingerprint density at radius 3 is 2.87 bits per heavy atom.